The van der Waals surface area contributed by atoms with E-state index >= 15 is 0 Å². The van der Waals surface area contributed by atoms with Crippen LogP contribution in [0.15, 0.2) is 12.3 Å². The van der Waals surface area contributed by atoms with Crippen molar-refractivity contribution in [3.05, 3.63) is 12.3 Å². The summed E-state index contributed by atoms with van der Waals surface area (Å²) in [4.78, 5) is 36.5. The van der Waals surface area contributed by atoms with E-state index in [1.165, 1.54) is 4.90 Å². The molecule has 1 saturated heterocycles. The Kier molecular flexibility index (Phi) is 5.55. The molecule has 2 aliphatic rings. The van der Waals surface area contributed by atoms with E-state index in [-0.39, 0.29) is 36.4 Å². The topological polar surface area (TPSA) is 99.7 Å². The Hall–Kier alpha value is -2.42. The quantitative estimate of drug-likeness (QED) is 0.687. The number of aromatic nitrogens is 2. The van der Waals surface area contributed by atoms with Gasteiger partial charge in [-0.25, -0.2) is 4.98 Å². The first-order chi connectivity index (χ1) is 12.5. The van der Waals surface area contributed by atoms with Gasteiger partial charge in [-0.05, 0) is 18.9 Å². The zero-order valence-electron chi connectivity index (χ0n) is 15.4. The molecule has 1 aromatic rings. The summed E-state index contributed by atoms with van der Waals surface area (Å²) in [5, 5.41) is 5.91. The van der Waals surface area contributed by atoms with Gasteiger partial charge in [0.2, 0.25) is 17.8 Å². The first kappa shape index (κ1) is 18.4. The number of hydrogen-bond acceptors (Lipinski definition) is 7. The van der Waals surface area contributed by atoms with Gasteiger partial charge in [-0.3, -0.25) is 9.59 Å². The highest BCUT2D eigenvalue weighted by molar-refractivity contribution is 5.87. The molecule has 1 aliphatic heterocycles. The summed E-state index contributed by atoms with van der Waals surface area (Å²) in [5.74, 6) is 1.32. The smallest absolute Gasteiger partial charge is 0.239 e. The molecule has 2 heterocycles. The van der Waals surface area contributed by atoms with Gasteiger partial charge in [-0.1, -0.05) is 0 Å². The average molecular weight is 362 g/mol. The molecule has 3 rings (SSSR count). The Morgan fingerprint density at radius 3 is 2.81 bits per heavy atom. The molecular weight excluding hydrogens is 336 g/mol. The molecule has 0 radical (unpaired) electrons. The molecule has 2 amide bonds. The van der Waals surface area contributed by atoms with Crippen molar-refractivity contribution in [3.8, 4) is 0 Å². The second-order valence-corrected chi connectivity index (χ2v) is 6.81. The number of carbonyl (C=O) groups is 2. The van der Waals surface area contributed by atoms with E-state index in [0.29, 0.717) is 19.0 Å². The molecule has 0 unspecified atom stereocenters. The van der Waals surface area contributed by atoms with Crippen LogP contribution < -0.4 is 15.5 Å². The normalized spacial score (nSPS) is 22.2. The van der Waals surface area contributed by atoms with E-state index < -0.39 is 0 Å². The fourth-order valence-corrected chi connectivity index (χ4v) is 3.17. The maximum atomic E-state index is 12.3. The van der Waals surface area contributed by atoms with E-state index in [1.807, 2.05) is 6.07 Å². The molecule has 9 nitrogen and oxygen atoms in total. The first-order valence-electron chi connectivity index (χ1n) is 8.84. The fraction of sp³-hybridized carbons (Fsp3) is 0.647. The zero-order valence-corrected chi connectivity index (χ0v) is 15.4. The van der Waals surface area contributed by atoms with Gasteiger partial charge in [-0.2, -0.15) is 4.98 Å². The number of ether oxygens (including phenoxy) is 1. The van der Waals surface area contributed by atoms with Crippen LogP contribution in [0.25, 0.3) is 0 Å². The minimum Gasteiger partial charge on any atom is -0.377 e. The third kappa shape index (κ3) is 4.21. The molecule has 9 heteroatoms. The molecule has 0 aromatic carbocycles. The van der Waals surface area contributed by atoms with Crippen molar-refractivity contribution >= 4 is 23.6 Å². The molecule has 142 valence electrons. The second-order valence-electron chi connectivity index (χ2n) is 6.81. The molecule has 1 aromatic heterocycles. The van der Waals surface area contributed by atoms with Crippen LogP contribution in [0.3, 0.4) is 0 Å². The van der Waals surface area contributed by atoms with Crippen molar-refractivity contribution in [2.75, 3.05) is 51.1 Å². The van der Waals surface area contributed by atoms with Gasteiger partial charge in [0, 0.05) is 46.4 Å². The molecule has 2 atom stereocenters. The molecular formula is C17H26N6O3. The third-order valence-corrected chi connectivity index (χ3v) is 4.79. The number of nitrogens with one attached hydrogen (secondary N) is 2. The first-order valence-corrected chi connectivity index (χ1v) is 8.84. The molecule has 0 spiro atoms. The number of hydrogen-bond donors (Lipinski definition) is 2. The van der Waals surface area contributed by atoms with Crippen LogP contribution in [0.5, 0.6) is 0 Å². The highest BCUT2D eigenvalue weighted by Crippen LogP contribution is 2.30. The average Bonchev–Trinajstić information content (AvgIpc) is 3.42. The predicted molar refractivity (Wildman–Crippen MR) is 96.9 cm³/mol. The summed E-state index contributed by atoms with van der Waals surface area (Å²) in [6.45, 7) is 1.28. The molecule has 26 heavy (non-hydrogen) atoms. The Labute approximate surface area is 153 Å². The molecule has 1 aliphatic carbocycles. The highest BCUT2D eigenvalue weighted by atomic mass is 16.5. The second kappa shape index (κ2) is 7.86. The minimum atomic E-state index is -0.172. The summed E-state index contributed by atoms with van der Waals surface area (Å²) < 4.78 is 5.54. The standard InChI is InChI=1S/C17H26N6O3/c1-18-17-19-7-6-14(21-17)23-8-12(13(9-23)26-3)20-15(24)10-22(2)16(25)11-4-5-11/h6-7,11-13H,4-5,8-10H2,1-3H3,(H,20,24)(H,18,19,21)/t12-,13+/m1/s1. The number of amides is 2. The van der Waals surface area contributed by atoms with E-state index in [9.17, 15) is 9.59 Å². The summed E-state index contributed by atoms with van der Waals surface area (Å²) in [6.07, 6.45) is 3.42. The van der Waals surface area contributed by atoms with Crippen LogP contribution in [-0.4, -0.2) is 79.7 Å². The molecule has 2 N–H and O–H groups in total. The summed E-state index contributed by atoms with van der Waals surface area (Å²) >= 11 is 0. The summed E-state index contributed by atoms with van der Waals surface area (Å²) in [5.41, 5.74) is 0. The maximum Gasteiger partial charge on any atom is 0.239 e. The minimum absolute atomic E-state index is 0.0528. The van der Waals surface area contributed by atoms with Crippen LogP contribution >= 0.6 is 0 Å². The lowest BCUT2D eigenvalue weighted by molar-refractivity contribution is -0.136. The van der Waals surface area contributed by atoms with E-state index in [0.717, 1.165) is 18.7 Å². The zero-order chi connectivity index (χ0) is 18.7. The molecule has 0 bridgehead atoms. The third-order valence-electron chi connectivity index (χ3n) is 4.79. The van der Waals surface area contributed by atoms with Crippen molar-refractivity contribution in [1.82, 2.24) is 20.2 Å². The van der Waals surface area contributed by atoms with Crippen molar-refractivity contribution in [2.24, 2.45) is 5.92 Å². The number of anilines is 2. The van der Waals surface area contributed by atoms with Crippen LogP contribution in [0.4, 0.5) is 11.8 Å². The van der Waals surface area contributed by atoms with Crippen molar-refractivity contribution in [2.45, 2.75) is 25.0 Å². The van der Waals surface area contributed by atoms with Gasteiger partial charge in [0.25, 0.3) is 0 Å². The fourth-order valence-electron chi connectivity index (χ4n) is 3.17. The highest BCUT2D eigenvalue weighted by Gasteiger charge is 2.36. The number of rotatable bonds is 7. The number of likely N-dealkylation sites (N-methyl/N-ethyl adjacent to an activating group) is 1. The van der Waals surface area contributed by atoms with Crippen LogP contribution in [0, 0.1) is 5.92 Å². The Bertz CT molecular complexity index is 666. The van der Waals surface area contributed by atoms with Crippen molar-refractivity contribution in [1.29, 1.82) is 0 Å². The number of carbonyl (C=O) groups excluding carboxylic acids is 2. The molecule has 1 saturated carbocycles. The molecule has 2 fully saturated rings. The van der Waals surface area contributed by atoms with Gasteiger partial charge in [-0.15, -0.1) is 0 Å². The summed E-state index contributed by atoms with van der Waals surface area (Å²) in [6, 6.07) is 1.67. The SMILES string of the molecule is CNc1nccc(N2C[C@H](OC)[C@H](NC(=O)CN(C)C(=O)C3CC3)C2)n1. The van der Waals surface area contributed by atoms with Crippen molar-refractivity contribution < 1.29 is 14.3 Å². The van der Waals surface area contributed by atoms with E-state index in [2.05, 4.69) is 25.5 Å². The van der Waals surface area contributed by atoms with Gasteiger partial charge in [0.05, 0.1) is 18.7 Å². The Morgan fingerprint density at radius 1 is 1.38 bits per heavy atom. The van der Waals surface area contributed by atoms with Crippen LogP contribution in [-0.2, 0) is 14.3 Å². The lowest BCUT2D eigenvalue weighted by Crippen LogP contribution is -2.48. The van der Waals surface area contributed by atoms with Gasteiger partial charge in [0.1, 0.15) is 5.82 Å². The van der Waals surface area contributed by atoms with Crippen molar-refractivity contribution in [3.63, 3.8) is 0 Å². The van der Waals surface area contributed by atoms with Gasteiger partial charge in [0.15, 0.2) is 0 Å². The lowest BCUT2D eigenvalue weighted by Gasteiger charge is -2.21. The predicted octanol–water partition coefficient (Wildman–Crippen LogP) is -0.293. The van der Waals surface area contributed by atoms with Crippen LogP contribution in [0.1, 0.15) is 12.8 Å². The van der Waals surface area contributed by atoms with Gasteiger partial charge >= 0.3 is 0 Å². The van der Waals surface area contributed by atoms with E-state index in [1.54, 1.807) is 27.4 Å². The van der Waals surface area contributed by atoms with Gasteiger partial charge < -0.3 is 25.2 Å². The number of nitrogens with zero attached hydrogens (tertiary/aromatic N) is 4. The monoisotopic (exact) mass is 362 g/mol. The van der Waals surface area contributed by atoms with E-state index in [4.69, 9.17) is 4.74 Å². The summed E-state index contributed by atoms with van der Waals surface area (Å²) in [7, 11) is 5.08. The van der Waals surface area contributed by atoms with Crippen LogP contribution in [0.2, 0.25) is 0 Å². The Morgan fingerprint density at radius 2 is 2.15 bits per heavy atom. The lowest BCUT2D eigenvalue weighted by atomic mass is 10.2. The Balaban J connectivity index is 1.58. The number of methoxy groups -OCH3 is 1. The largest absolute Gasteiger partial charge is 0.377 e. The maximum absolute atomic E-state index is 12.3.